The fraction of sp³-hybridized carbons (Fsp3) is 0.538. The zero-order valence-electron chi connectivity index (χ0n) is 10.5. The van der Waals surface area contributed by atoms with Crippen molar-refractivity contribution in [1.82, 2.24) is 0 Å². The van der Waals surface area contributed by atoms with Gasteiger partial charge < -0.3 is 4.43 Å². The van der Waals surface area contributed by atoms with Crippen molar-refractivity contribution < 1.29 is 17.6 Å². The van der Waals surface area contributed by atoms with E-state index in [0.717, 1.165) is 18.9 Å². The summed E-state index contributed by atoms with van der Waals surface area (Å²) in [5.74, 6) is 0. The first-order chi connectivity index (χ1) is 8.24. The fourth-order valence-electron chi connectivity index (χ4n) is 1.67. The molecule has 0 fully saturated rings. The Labute approximate surface area is 109 Å². The smallest absolute Gasteiger partial charge is 0.414 e. The fourth-order valence-corrected chi connectivity index (χ4v) is 1.77. The summed E-state index contributed by atoms with van der Waals surface area (Å²) in [6.07, 6.45) is -2.11. The molecule has 0 aliphatic rings. The average Bonchev–Trinajstić information content (AvgIpc) is 2.28. The summed E-state index contributed by atoms with van der Waals surface area (Å²) in [7, 11) is 2.99. The van der Waals surface area contributed by atoms with E-state index in [0.29, 0.717) is 12.0 Å². The Morgan fingerprint density at radius 2 is 1.89 bits per heavy atom. The van der Waals surface area contributed by atoms with E-state index in [1.165, 1.54) is 12.1 Å². The third-order valence-electron chi connectivity index (χ3n) is 2.77. The molecule has 0 N–H and O–H groups in total. The van der Waals surface area contributed by atoms with Gasteiger partial charge in [0.05, 0.1) is 5.56 Å². The quantitative estimate of drug-likeness (QED) is 0.739. The lowest BCUT2D eigenvalue weighted by Gasteiger charge is -2.23. The molecule has 0 atom stereocenters. The summed E-state index contributed by atoms with van der Waals surface area (Å²) in [5.41, 5.74) is -0.191. The molecule has 3 radical (unpaired) electrons. The summed E-state index contributed by atoms with van der Waals surface area (Å²) in [6, 6.07) is 5.47. The molecule has 0 bridgehead atoms. The second-order valence-electron chi connectivity index (χ2n) is 4.91. The zero-order valence-corrected chi connectivity index (χ0v) is 11.5. The maximum absolute atomic E-state index is 12.5. The van der Waals surface area contributed by atoms with Crippen LogP contribution in [0, 0.1) is 0 Å². The van der Waals surface area contributed by atoms with E-state index in [9.17, 15) is 13.2 Å². The van der Waals surface area contributed by atoms with E-state index in [1.807, 2.05) is 13.8 Å². The number of alkyl halides is 3. The summed E-state index contributed by atoms with van der Waals surface area (Å²) >= 11 is 0. The Balaban J connectivity index is 2.59. The number of benzene rings is 1. The van der Waals surface area contributed by atoms with E-state index < -0.39 is 11.7 Å². The van der Waals surface area contributed by atoms with Crippen molar-refractivity contribution in [3.8, 4) is 0 Å². The highest BCUT2D eigenvalue weighted by Gasteiger charge is 2.30. The molecule has 1 nitrogen and oxygen atoms in total. The molecule has 0 saturated heterocycles. The van der Waals surface area contributed by atoms with Gasteiger partial charge in [0.15, 0.2) is 0 Å². The van der Waals surface area contributed by atoms with E-state index in [-0.39, 0.29) is 5.60 Å². The molecule has 0 spiro atoms. The largest absolute Gasteiger partial charge is 0.416 e. The van der Waals surface area contributed by atoms with Crippen LogP contribution in [0.15, 0.2) is 24.3 Å². The summed E-state index contributed by atoms with van der Waals surface area (Å²) in [4.78, 5) is 0. The maximum Gasteiger partial charge on any atom is 0.416 e. The van der Waals surface area contributed by atoms with Crippen molar-refractivity contribution in [1.29, 1.82) is 0 Å². The minimum absolute atomic E-state index is 0.307. The van der Waals surface area contributed by atoms with Crippen molar-refractivity contribution in [3.63, 3.8) is 0 Å². The normalized spacial score (nSPS) is 12.8. The molecule has 1 aromatic carbocycles. The lowest BCUT2D eigenvalue weighted by Crippen LogP contribution is -2.22. The maximum atomic E-state index is 12.5. The van der Waals surface area contributed by atoms with Gasteiger partial charge in [-0.2, -0.15) is 13.2 Å². The predicted molar refractivity (Wildman–Crippen MR) is 65.3 cm³/mol. The standard InChI is InChI=1S/C13H16F3OSi/c1-12(2,17-18)8-4-6-10-5-3-7-11(9-10)13(14,15)16/h3,5,7,9H,4,6,8H2,1-2H3. The van der Waals surface area contributed by atoms with Crippen molar-refractivity contribution >= 4 is 10.5 Å². The van der Waals surface area contributed by atoms with Crippen LogP contribution >= 0.6 is 0 Å². The van der Waals surface area contributed by atoms with Gasteiger partial charge in [0.1, 0.15) is 0 Å². The Kier molecular flexibility index (Phi) is 4.98. The minimum Gasteiger partial charge on any atom is -0.414 e. The van der Waals surface area contributed by atoms with Gasteiger partial charge in [-0.1, -0.05) is 18.2 Å². The minimum atomic E-state index is -4.27. The molecule has 1 rings (SSSR count). The Morgan fingerprint density at radius 3 is 2.44 bits per heavy atom. The van der Waals surface area contributed by atoms with Gasteiger partial charge in [0, 0.05) is 5.60 Å². The number of aryl methyl sites for hydroxylation is 1. The monoisotopic (exact) mass is 273 g/mol. The van der Waals surface area contributed by atoms with Crippen LogP contribution in [0.1, 0.15) is 37.8 Å². The van der Waals surface area contributed by atoms with Crippen LogP contribution < -0.4 is 0 Å². The molecule has 1 aromatic rings. The van der Waals surface area contributed by atoms with E-state index in [2.05, 4.69) is 10.5 Å². The average molecular weight is 273 g/mol. The van der Waals surface area contributed by atoms with E-state index in [1.54, 1.807) is 6.07 Å². The van der Waals surface area contributed by atoms with Crippen LogP contribution in [-0.4, -0.2) is 16.1 Å². The predicted octanol–water partition coefficient (Wildman–Crippen LogP) is 3.91. The topological polar surface area (TPSA) is 9.23 Å². The zero-order chi connectivity index (χ0) is 13.8. The number of hydrogen-bond acceptors (Lipinski definition) is 1. The molecule has 0 heterocycles. The first kappa shape index (κ1) is 15.2. The highest BCUT2D eigenvalue weighted by atomic mass is 28.2. The molecule has 99 valence electrons. The number of hydrogen-bond donors (Lipinski definition) is 0. The summed E-state index contributed by atoms with van der Waals surface area (Å²) < 4.78 is 42.6. The molecular formula is C13H16F3OSi. The lowest BCUT2D eigenvalue weighted by molar-refractivity contribution is -0.137. The van der Waals surface area contributed by atoms with Gasteiger partial charge in [0.2, 0.25) is 10.5 Å². The van der Waals surface area contributed by atoms with Crippen LogP contribution in [0.25, 0.3) is 0 Å². The molecule has 18 heavy (non-hydrogen) atoms. The Morgan fingerprint density at radius 1 is 1.22 bits per heavy atom. The van der Waals surface area contributed by atoms with E-state index in [4.69, 9.17) is 4.43 Å². The summed E-state index contributed by atoms with van der Waals surface area (Å²) in [5, 5.41) is 0. The van der Waals surface area contributed by atoms with Gasteiger partial charge in [-0.05, 0) is 44.7 Å². The second kappa shape index (κ2) is 5.89. The molecule has 0 saturated carbocycles. The van der Waals surface area contributed by atoms with Crippen molar-refractivity contribution in [2.75, 3.05) is 0 Å². The molecule has 0 aliphatic carbocycles. The van der Waals surface area contributed by atoms with Gasteiger partial charge in [-0.15, -0.1) is 0 Å². The lowest BCUT2D eigenvalue weighted by atomic mass is 9.98. The van der Waals surface area contributed by atoms with Crippen LogP contribution in [0.2, 0.25) is 0 Å². The molecular weight excluding hydrogens is 257 g/mol. The SMILES string of the molecule is CC(C)(CCCc1cccc(C(F)(F)F)c1)O[Si]. The molecule has 0 amide bonds. The molecule has 0 unspecified atom stereocenters. The highest BCUT2D eigenvalue weighted by molar-refractivity contribution is 5.98. The Hall–Kier alpha value is -0.813. The second-order valence-corrected chi connectivity index (χ2v) is 5.12. The van der Waals surface area contributed by atoms with Gasteiger partial charge in [-0.25, -0.2) is 0 Å². The summed E-state index contributed by atoms with van der Waals surface area (Å²) in [6.45, 7) is 3.85. The first-order valence-corrected chi connectivity index (χ1v) is 6.16. The van der Waals surface area contributed by atoms with Gasteiger partial charge in [-0.3, -0.25) is 0 Å². The van der Waals surface area contributed by atoms with Crippen LogP contribution in [-0.2, 0) is 17.0 Å². The third kappa shape index (κ3) is 4.82. The van der Waals surface area contributed by atoms with Crippen molar-refractivity contribution in [2.45, 2.75) is 44.9 Å². The molecule has 5 heteroatoms. The van der Waals surface area contributed by atoms with Crippen LogP contribution in [0.5, 0.6) is 0 Å². The third-order valence-corrected chi connectivity index (χ3v) is 3.33. The Bertz CT molecular complexity index is 388. The van der Waals surface area contributed by atoms with Gasteiger partial charge in [0.25, 0.3) is 0 Å². The van der Waals surface area contributed by atoms with E-state index >= 15 is 0 Å². The molecule has 0 aromatic heterocycles. The van der Waals surface area contributed by atoms with Crippen LogP contribution in [0.3, 0.4) is 0 Å². The molecule has 0 aliphatic heterocycles. The van der Waals surface area contributed by atoms with Crippen molar-refractivity contribution in [3.05, 3.63) is 35.4 Å². The highest BCUT2D eigenvalue weighted by Crippen LogP contribution is 2.30. The van der Waals surface area contributed by atoms with Gasteiger partial charge >= 0.3 is 6.18 Å². The number of halogens is 3. The van der Waals surface area contributed by atoms with Crippen molar-refractivity contribution in [2.24, 2.45) is 0 Å². The number of rotatable bonds is 5. The first-order valence-electron chi connectivity index (χ1n) is 5.75. The van der Waals surface area contributed by atoms with Crippen LogP contribution in [0.4, 0.5) is 13.2 Å².